The van der Waals surface area contributed by atoms with Gasteiger partial charge in [-0.15, -0.1) is 0 Å². The molecule has 5 heteroatoms. The Bertz CT molecular complexity index is 406. The van der Waals surface area contributed by atoms with Crippen LogP contribution in [0.5, 0.6) is 0 Å². The highest BCUT2D eigenvalue weighted by atomic mass is 16.2. The van der Waals surface area contributed by atoms with Gasteiger partial charge in [0.25, 0.3) is 0 Å². The van der Waals surface area contributed by atoms with E-state index >= 15 is 0 Å². The van der Waals surface area contributed by atoms with Gasteiger partial charge in [-0.05, 0) is 18.4 Å². The molecule has 0 heterocycles. The number of likely N-dealkylation sites (N-methyl/N-ethyl adjacent to an activating group) is 1. The van der Waals surface area contributed by atoms with E-state index in [0.29, 0.717) is 6.42 Å². The lowest BCUT2D eigenvalue weighted by molar-refractivity contribution is -0.135. The van der Waals surface area contributed by atoms with Crippen molar-refractivity contribution in [2.45, 2.75) is 18.9 Å². The number of amides is 2. The van der Waals surface area contributed by atoms with Crippen molar-refractivity contribution < 1.29 is 9.59 Å². The number of aryl methyl sites for hydroxylation is 1. The van der Waals surface area contributed by atoms with Gasteiger partial charge in [0.2, 0.25) is 11.8 Å². The van der Waals surface area contributed by atoms with Crippen LogP contribution in [0.2, 0.25) is 0 Å². The SMILES string of the molecule is CN(CC(N)=O)C(=O)[C@@H](N)CCc1ccccc1. The zero-order valence-corrected chi connectivity index (χ0v) is 10.5. The maximum absolute atomic E-state index is 11.8. The molecule has 0 aromatic heterocycles. The summed E-state index contributed by atoms with van der Waals surface area (Å²) in [6.45, 7) is -0.0993. The van der Waals surface area contributed by atoms with Gasteiger partial charge in [-0.1, -0.05) is 30.3 Å². The normalized spacial score (nSPS) is 11.9. The lowest BCUT2D eigenvalue weighted by Crippen LogP contribution is -2.45. The van der Waals surface area contributed by atoms with Crippen LogP contribution in [0, 0.1) is 0 Å². The molecule has 5 nitrogen and oxygen atoms in total. The Labute approximate surface area is 107 Å². The monoisotopic (exact) mass is 249 g/mol. The van der Waals surface area contributed by atoms with Gasteiger partial charge in [-0.2, -0.15) is 0 Å². The average molecular weight is 249 g/mol. The Morgan fingerprint density at radius 3 is 2.44 bits per heavy atom. The second-order valence-corrected chi connectivity index (χ2v) is 4.29. The molecule has 0 spiro atoms. The van der Waals surface area contributed by atoms with Crippen LogP contribution in [0.3, 0.4) is 0 Å². The Morgan fingerprint density at radius 2 is 1.89 bits per heavy atom. The van der Waals surface area contributed by atoms with Crippen LogP contribution in [-0.2, 0) is 16.0 Å². The summed E-state index contributed by atoms with van der Waals surface area (Å²) in [6.07, 6.45) is 1.28. The minimum atomic E-state index is -0.602. The Balaban J connectivity index is 2.43. The first-order valence-corrected chi connectivity index (χ1v) is 5.83. The number of carbonyl (C=O) groups is 2. The first kappa shape index (κ1) is 14.2. The lowest BCUT2D eigenvalue weighted by Gasteiger charge is -2.19. The maximum atomic E-state index is 11.8. The Morgan fingerprint density at radius 1 is 1.28 bits per heavy atom. The first-order valence-electron chi connectivity index (χ1n) is 5.83. The fourth-order valence-corrected chi connectivity index (χ4v) is 1.69. The zero-order valence-electron chi connectivity index (χ0n) is 10.5. The van der Waals surface area contributed by atoms with Crippen LogP contribution >= 0.6 is 0 Å². The molecular formula is C13H19N3O2. The van der Waals surface area contributed by atoms with E-state index in [4.69, 9.17) is 11.5 Å². The van der Waals surface area contributed by atoms with Crippen molar-refractivity contribution >= 4 is 11.8 Å². The summed E-state index contributed by atoms with van der Waals surface area (Å²) in [5.74, 6) is -0.800. The Hall–Kier alpha value is -1.88. The average Bonchev–Trinajstić information content (AvgIpc) is 2.35. The van der Waals surface area contributed by atoms with Crippen LogP contribution in [0.4, 0.5) is 0 Å². The summed E-state index contributed by atoms with van der Waals surface area (Å²) in [6, 6.07) is 9.21. The van der Waals surface area contributed by atoms with Crippen LogP contribution < -0.4 is 11.5 Å². The number of carbonyl (C=O) groups excluding carboxylic acids is 2. The smallest absolute Gasteiger partial charge is 0.239 e. The molecule has 0 aliphatic rings. The number of nitrogens with zero attached hydrogens (tertiary/aromatic N) is 1. The highest BCUT2D eigenvalue weighted by molar-refractivity contribution is 5.86. The van der Waals surface area contributed by atoms with Crippen molar-refractivity contribution in [3.8, 4) is 0 Å². The lowest BCUT2D eigenvalue weighted by atomic mass is 10.1. The third-order valence-corrected chi connectivity index (χ3v) is 2.67. The second-order valence-electron chi connectivity index (χ2n) is 4.29. The van der Waals surface area contributed by atoms with Gasteiger partial charge in [0.1, 0.15) is 0 Å². The van der Waals surface area contributed by atoms with Crippen LogP contribution in [0.15, 0.2) is 30.3 Å². The molecule has 1 aromatic carbocycles. The molecule has 98 valence electrons. The summed E-state index contributed by atoms with van der Waals surface area (Å²) < 4.78 is 0. The highest BCUT2D eigenvalue weighted by Gasteiger charge is 2.18. The topological polar surface area (TPSA) is 89.4 Å². The number of primary amides is 1. The molecule has 0 radical (unpaired) electrons. The van der Waals surface area contributed by atoms with E-state index < -0.39 is 11.9 Å². The molecule has 2 amide bonds. The number of nitrogens with two attached hydrogens (primary N) is 2. The van der Waals surface area contributed by atoms with Gasteiger partial charge in [0.15, 0.2) is 0 Å². The standard InChI is InChI=1S/C13H19N3O2/c1-16(9-12(15)17)13(18)11(14)8-7-10-5-3-2-4-6-10/h2-6,11H,7-9,14H2,1H3,(H2,15,17)/t11-/m0/s1. The van der Waals surface area contributed by atoms with E-state index in [1.807, 2.05) is 30.3 Å². The number of hydrogen-bond donors (Lipinski definition) is 2. The van der Waals surface area contributed by atoms with E-state index in [2.05, 4.69) is 0 Å². The molecule has 4 N–H and O–H groups in total. The van der Waals surface area contributed by atoms with Crippen molar-refractivity contribution in [2.75, 3.05) is 13.6 Å². The van der Waals surface area contributed by atoms with Gasteiger partial charge < -0.3 is 16.4 Å². The predicted molar refractivity (Wildman–Crippen MR) is 69.6 cm³/mol. The second kappa shape index (κ2) is 6.76. The van der Waals surface area contributed by atoms with Crippen molar-refractivity contribution in [3.05, 3.63) is 35.9 Å². The molecule has 0 unspecified atom stereocenters. The fraction of sp³-hybridized carbons (Fsp3) is 0.385. The van der Waals surface area contributed by atoms with Crippen molar-refractivity contribution in [1.29, 1.82) is 0 Å². The van der Waals surface area contributed by atoms with E-state index in [9.17, 15) is 9.59 Å². The van der Waals surface area contributed by atoms with Gasteiger partial charge in [0, 0.05) is 7.05 Å². The molecule has 0 saturated carbocycles. The van der Waals surface area contributed by atoms with Crippen LogP contribution in [-0.4, -0.2) is 36.3 Å². The molecule has 1 rings (SSSR count). The number of rotatable bonds is 6. The molecule has 1 atom stereocenters. The van der Waals surface area contributed by atoms with E-state index in [1.165, 1.54) is 11.9 Å². The zero-order chi connectivity index (χ0) is 13.5. The molecule has 0 bridgehead atoms. The van der Waals surface area contributed by atoms with Crippen LogP contribution in [0.1, 0.15) is 12.0 Å². The number of benzene rings is 1. The van der Waals surface area contributed by atoms with Crippen molar-refractivity contribution in [1.82, 2.24) is 4.90 Å². The van der Waals surface area contributed by atoms with Gasteiger partial charge >= 0.3 is 0 Å². The van der Waals surface area contributed by atoms with Crippen LogP contribution in [0.25, 0.3) is 0 Å². The molecule has 0 aliphatic heterocycles. The number of hydrogen-bond acceptors (Lipinski definition) is 3. The highest BCUT2D eigenvalue weighted by Crippen LogP contribution is 2.05. The largest absolute Gasteiger partial charge is 0.368 e. The molecule has 0 saturated heterocycles. The minimum Gasteiger partial charge on any atom is -0.368 e. The summed E-state index contributed by atoms with van der Waals surface area (Å²) in [7, 11) is 1.52. The van der Waals surface area contributed by atoms with Gasteiger partial charge in [-0.3, -0.25) is 9.59 Å². The summed E-state index contributed by atoms with van der Waals surface area (Å²) in [4.78, 5) is 23.8. The first-order chi connectivity index (χ1) is 8.50. The molecule has 0 fully saturated rings. The van der Waals surface area contributed by atoms with Gasteiger partial charge in [-0.25, -0.2) is 0 Å². The fourth-order valence-electron chi connectivity index (χ4n) is 1.69. The molecule has 18 heavy (non-hydrogen) atoms. The Kier molecular flexibility index (Phi) is 5.32. The van der Waals surface area contributed by atoms with E-state index in [0.717, 1.165) is 12.0 Å². The maximum Gasteiger partial charge on any atom is 0.239 e. The van der Waals surface area contributed by atoms with Gasteiger partial charge in [0.05, 0.1) is 12.6 Å². The van der Waals surface area contributed by atoms with E-state index in [1.54, 1.807) is 0 Å². The quantitative estimate of drug-likeness (QED) is 0.737. The van der Waals surface area contributed by atoms with Crippen molar-refractivity contribution in [3.63, 3.8) is 0 Å². The molecular weight excluding hydrogens is 230 g/mol. The van der Waals surface area contributed by atoms with Crippen molar-refractivity contribution in [2.24, 2.45) is 11.5 Å². The summed E-state index contributed by atoms with van der Waals surface area (Å²) in [5.41, 5.74) is 12.0. The molecule has 1 aromatic rings. The minimum absolute atomic E-state index is 0.0993. The summed E-state index contributed by atoms with van der Waals surface area (Å²) >= 11 is 0. The third-order valence-electron chi connectivity index (χ3n) is 2.67. The molecule has 0 aliphatic carbocycles. The summed E-state index contributed by atoms with van der Waals surface area (Å²) in [5, 5.41) is 0. The predicted octanol–water partition coefficient (Wildman–Crippen LogP) is -0.110. The van der Waals surface area contributed by atoms with E-state index in [-0.39, 0.29) is 12.5 Å². The third kappa shape index (κ3) is 4.55.